The molecule has 8 nitrogen and oxygen atoms in total. The highest BCUT2D eigenvalue weighted by atomic mass is 35.5. The van der Waals surface area contributed by atoms with Crippen LogP contribution in [0.3, 0.4) is 0 Å². The Balaban J connectivity index is 2.12. The quantitative estimate of drug-likeness (QED) is 0.502. The summed E-state index contributed by atoms with van der Waals surface area (Å²) in [5.74, 6) is -1.41. The molecule has 0 aliphatic heterocycles. The minimum atomic E-state index is -1.24. The summed E-state index contributed by atoms with van der Waals surface area (Å²) in [6.07, 6.45) is 1.41. The fourth-order valence-electron chi connectivity index (χ4n) is 3.83. The number of benzene rings is 1. The summed E-state index contributed by atoms with van der Waals surface area (Å²) in [5.41, 5.74) is -0.697. The van der Waals surface area contributed by atoms with Gasteiger partial charge in [-0.25, -0.2) is 9.59 Å². The summed E-state index contributed by atoms with van der Waals surface area (Å²) < 4.78 is 10.2. The Hall–Kier alpha value is -2.61. The second-order valence-corrected chi connectivity index (χ2v) is 8.35. The molecule has 2 amide bonds. The standard InChI is InChI=1S/C22H29ClN2O6/c1-14(2)19(24-15(3)26)20(28)30-13-31-21(29)25(4)22(12-8-7-11-18(22)27)16-9-5-6-10-17(16)23/h5-6,9-10,14,19H,7-8,11-13H2,1-4H3,(H,24,26)/t19?,22-/m1/s1. The van der Waals surface area contributed by atoms with E-state index in [1.807, 2.05) is 0 Å². The molecule has 1 saturated carbocycles. The van der Waals surface area contributed by atoms with Gasteiger partial charge in [0, 0.05) is 31.0 Å². The molecular weight excluding hydrogens is 424 g/mol. The molecule has 0 bridgehead atoms. The molecule has 2 atom stereocenters. The second kappa shape index (κ2) is 10.6. The molecule has 1 aromatic carbocycles. The first-order valence-electron chi connectivity index (χ1n) is 10.2. The summed E-state index contributed by atoms with van der Waals surface area (Å²) in [5, 5.41) is 2.90. The molecule has 2 rings (SSSR count). The topological polar surface area (TPSA) is 102 Å². The number of nitrogens with one attached hydrogen (secondary N) is 1. The predicted molar refractivity (Wildman–Crippen MR) is 114 cm³/mol. The van der Waals surface area contributed by atoms with E-state index in [1.54, 1.807) is 38.1 Å². The molecule has 31 heavy (non-hydrogen) atoms. The van der Waals surface area contributed by atoms with Gasteiger partial charge in [-0.15, -0.1) is 0 Å². The van der Waals surface area contributed by atoms with Gasteiger partial charge in [0.15, 0.2) is 5.78 Å². The minimum Gasteiger partial charge on any atom is -0.426 e. The number of ketones is 1. The highest BCUT2D eigenvalue weighted by Crippen LogP contribution is 2.42. The van der Waals surface area contributed by atoms with E-state index in [0.29, 0.717) is 23.4 Å². The molecule has 1 N–H and O–H groups in total. The van der Waals surface area contributed by atoms with E-state index >= 15 is 0 Å². The zero-order valence-electron chi connectivity index (χ0n) is 18.3. The normalized spacial score (nSPS) is 19.5. The molecule has 1 aliphatic carbocycles. The number of rotatable bonds is 7. The van der Waals surface area contributed by atoms with Gasteiger partial charge in [0.2, 0.25) is 12.7 Å². The lowest BCUT2D eigenvalue weighted by atomic mass is 9.74. The third kappa shape index (κ3) is 5.55. The first-order chi connectivity index (χ1) is 14.6. The summed E-state index contributed by atoms with van der Waals surface area (Å²) in [4.78, 5) is 50.6. The summed E-state index contributed by atoms with van der Waals surface area (Å²) in [7, 11) is 1.48. The molecule has 9 heteroatoms. The van der Waals surface area contributed by atoms with Crippen molar-refractivity contribution in [2.24, 2.45) is 5.92 Å². The number of Topliss-reactive ketones (excluding diaryl/α,β-unsaturated/α-hetero) is 1. The Kier molecular flexibility index (Phi) is 8.44. The van der Waals surface area contributed by atoms with E-state index in [9.17, 15) is 19.2 Å². The number of hydrogen-bond acceptors (Lipinski definition) is 6. The Morgan fingerprint density at radius 1 is 1.19 bits per heavy atom. The van der Waals surface area contributed by atoms with E-state index in [1.165, 1.54) is 18.9 Å². The molecule has 1 fully saturated rings. The van der Waals surface area contributed by atoms with E-state index in [2.05, 4.69) is 5.32 Å². The Bertz CT molecular complexity index is 843. The lowest BCUT2D eigenvalue weighted by molar-refractivity contribution is -0.158. The van der Waals surface area contributed by atoms with Crippen molar-refractivity contribution in [2.75, 3.05) is 13.8 Å². The number of hydrogen-bond donors (Lipinski definition) is 1. The average Bonchev–Trinajstić information content (AvgIpc) is 2.72. The van der Waals surface area contributed by atoms with Crippen molar-refractivity contribution in [1.82, 2.24) is 10.2 Å². The van der Waals surface area contributed by atoms with Crippen molar-refractivity contribution in [3.8, 4) is 0 Å². The number of halogens is 1. The largest absolute Gasteiger partial charge is 0.426 e. The third-order valence-electron chi connectivity index (χ3n) is 5.48. The molecular formula is C22H29ClN2O6. The van der Waals surface area contributed by atoms with Crippen LogP contribution >= 0.6 is 11.6 Å². The lowest BCUT2D eigenvalue weighted by Crippen LogP contribution is -2.54. The number of carbonyl (C=O) groups is 4. The zero-order chi connectivity index (χ0) is 23.2. The molecule has 0 spiro atoms. The highest BCUT2D eigenvalue weighted by Gasteiger charge is 2.48. The van der Waals surface area contributed by atoms with Crippen molar-refractivity contribution >= 4 is 35.4 Å². The van der Waals surface area contributed by atoms with Crippen LogP contribution in [0.5, 0.6) is 0 Å². The van der Waals surface area contributed by atoms with Crippen molar-refractivity contribution in [3.63, 3.8) is 0 Å². The van der Waals surface area contributed by atoms with Crippen LogP contribution in [0.1, 0.15) is 52.0 Å². The fraction of sp³-hybridized carbons (Fsp3) is 0.545. The van der Waals surface area contributed by atoms with Crippen LogP contribution in [0.25, 0.3) is 0 Å². The van der Waals surface area contributed by atoms with Gasteiger partial charge in [-0.3, -0.25) is 14.5 Å². The van der Waals surface area contributed by atoms with Crippen LogP contribution in [0, 0.1) is 5.92 Å². The Labute approximate surface area is 187 Å². The van der Waals surface area contributed by atoms with Crippen LogP contribution in [0.4, 0.5) is 4.79 Å². The monoisotopic (exact) mass is 452 g/mol. The summed E-state index contributed by atoms with van der Waals surface area (Å²) in [6.45, 7) is 4.16. The molecule has 0 saturated heterocycles. The van der Waals surface area contributed by atoms with E-state index in [-0.39, 0.29) is 17.6 Å². The fourth-order valence-corrected chi connectivity index (χ4v) is 4.12. The molecule has 1 aliphatic rings. The van der Waals surface area contributed by atoms with E-state index in [0.717, 1.165) is 12.8 Å². The number of nitrogens with zero attached hydrogens (tertiary/aromatic N) is 1. The van der Waals surface area contributed by atoms with Crippen molar-refractivity contribution in [1.29, 1.82) is 0 Å². The highest BCUT2D eigenvalue weighted by molar-refractivity contribution is 6.31. The molecule has 0 radical (unpaired) electrons. The molecule has 170 valence electrons. The van der Waals surface area contributed by atoms with Gasteiger partial charge in [0.1, 0.15) is 11.6 Å². The molecule has 0 heterocycles. The second-order valence-electron chi connectivity index (χ2n) is 7.94. The number of amides is 2. The maximum absolute atomic E-state index is 13.0. The van der Waals surface area contributed by atoms with Crippen molar-refractivity contribution in [2.45, 2.75) is 58.0 Å². The minimum absolute atomic E-state index is 0.117. The Morgan fingerprint density at radius 3 is 2.45 bits per heavy atom. The number of carbonyl (C=O) groups excluding carboxylic acids is 4. The van der Waals surface area contributed by atoms with E-state index in [4.69, 9.17) is 21.1 Å². The third-order valence-corrected chi connectivity index (χ3v) is 5.81. The first kappa shape index (κ1) is 24.7. The Morgan fingerprint density at radius 2 is 1.87 bits per heavy atom. The molecule has 0 aromatic heterocycles. The predicted octanol–water partition coefficient (Wildman–Crippen LogP) is 3.41. The van der Waals surface area contributed by atoms with Gasteiger partial charge in [-0.05, 0) is 31.2 Å². The zero-order valence-corrected chi connectivity index (χ0v) is 19.0. The van der Waals surface area contributed by atoms with Crippen LogP contribution in [-0.2, 0) is 29.4 Å². The van der Waals surface area contributed by atoms with Crippen LogP contribution < -0.4 is 5.32 Å². The van der Waals surface area contributed by atoms with Crippen molar-refractivity contribution in [3.05, 3.63) is 34.9 Å². The first-order valence-corrected chi connectivity index (χ1v) is 10.6. The number of esters is 1. The maximum atomic E-state index is 13.0. The summed E-state index contributed by atoms with van der Waals surface area (Å²) >= 11 is 6.38. The van der Waals surface area contributed by atoms with Crippen LogP contribution in [0.15, 0.2) is 24.3 Å². The smallest absolute Gasteiger partial charge is 0.413 e. The van der Waals surface area contributed by atoms with E-state index < -0.39 is 30.4 Å². The van der Waals surface area contributed by atoms with Gasteiger partial charge in [0.05, 0.1) is 0 Å². The van der Waals surface area contributed by atoms with Gasteiger partial charge >= 0.3 is 12.1 Å². The SMILES string of the molecule is CC(=O)NC(C(=O)OCOC(=O)N(C)[C@@]1(c2ccccc2Cl)CCCCC1=O)C(C)C. The molecule has 1 aromatic rings. The van der Waals surface area contributed by atoms with Gasteiger partial charge in [-0.1, -0.05) is 43.6 Å². The summed E-state index contributed by atoms with van der Waals surface area (Å²) in [6, 6.07) is 6.07. The molecule has 1 unspecified atom stereocenters. The lowest BCUT2D eigenvalue weighted by Gasteiger charge is -2.43. The van der Waals surface area contributed by atoms with Crippen LogP contribution in [0.2, 0.25) is 5.02 Å². The van der Waals surface area contributed by atoms with Gasteiger partial charge in [0.25, 0.3) is 0 Å². The van der Waals surface area contributed by atoms with Gasteiger partial charge in [-0.2, -0.15) is 0 Å². The van der Waals surface area contributed by atoms with Crippen LogP contribution in [-0.4, -0.2) is 48.5 Å². The average molecular weight is 453 g/mol. The number of likely N-dealkylation sites (N-methyl/N-ethyl adjacent to an activating group) is 1. The maximum Gasteiger partial charge on any atom is 0.413 e. The van der Waals surface area contributed by atoms with Crippen molar-refractivity contribution < 1.29 is 28.7 Å². The van der Waals surface area contributed by atoms with Gasteiger partial charge < -0.3 is 14.8 Å². The number of ether oxygens (including phenoxy) is 2.